The standard InChI is InChI=1S/C23H21F2N3O4S/c24-21-9-8-20(15-22(21)25)33(30,31)27-17-6-4-16(5-7-17)23(29)26-18-2-1-3-19(14-18)28-10-12-32-13-11-28/h1-9,14-15,27H,10-13H2,(H,26,29). The number of benzene rings is 3. The van der Waals surface area contributed by atoms with Crippen LogP contribution in [0, 0.1) is 11.6 Å². The zero-order chi connectivity index (χ0) is 23.4. The number of nitrogens with one attached hydrogen (secondary N) is 2. The lowest BCUT2D eigenvalue weighted by Gasteiger charge is -2.29. The Bertz CT molecular complexity index is 1260. The average Bonchev–Trinajstić information content (AvgIpc) is 2.82. The van der Waals surface area contributed by atoms with Crippen molar-refractivity contribution in [2.24, 2.45) is 0 Å². The molecule has 0 aromatic heterocycles. The lowest BCUT2D eigenvalue weighted by atomic mass is 10.2. The first-order valence-corrected chi connectivity index (χ1v) is 11.6. The van der Waals surface area contributed by atoms with Crippen molar-refractivity contribution in [2.45, 2.75) is 4.90 Å². The van der Waals surface area contributed by atoms with Crippen LogP contribution in [-0.4, -0.2) is 40.6 Å². The molecule has 4 rings (SSSR count). The zero-order valence-electron chi connectivity index (χ0n) is 17.4. The van der Waals surface area contributed by atoms with E-state index in [1.54, 1.807) is 6.07 Å². The molecule has 3 aromatic carbocycles. The first kappa shape index (κ1) is 22.7. The number of sulfonamides is 1. The maximum Gasteiger partial charge on any atom is 0.261 e. The molecule has 7 nitrogen and oxygen atoms in total. The fourth-order valence-electron chi connectivity index (χ4n) is 3.35. The lowest BCUT2D eigenvalue weighted by molar-refractivity contribution is 0.102. The van der Waals surface area contributed by atoms with Gasteiger partial charge in [-0.2, -0.15) is 0 Å². The maximum atomic E-state index is 13.4. The average molecular weight is 474 g/mol. The van der Waals surface area contributed by atoms with Gasteiger partial charge in [-0.1, -0.05) is 6.07 Å². The number of morpholine rings is 1. The third-order valence-electron chi connectivity index (χ3n) is 5.08. The minimum Gasteiger partial charge on any atom is -0.378 e. The van der Waals surface area contributed by atoms with Gasteiger partial charge in [0.15, 0.2) is 11.6 Å². The van der Waals surface area contributed by atoms with E-state index in [1.807, 2.05) is 18.2 Å². The molecule has 172 valence electrons. The largest absolute Gasteiger partial charge is 0.378 e. The van der Waals surface area contributed by atoms with Gasteiger partial charge in [0.05, 0.1) is 18.1 Å². The molecule has 0 unspecified atom stereocenters. The number of ether oxygens (including phenoxy) is 1. The van der Waals surface area contributed by atoms with Crippen molar-refractivity contribution in [3.63, 3.8) is 0 Å². The summed E-state index contributed by atoms with van der Waals surface area (Å²) in [4.78, 5) is 14.4. The van der Waals surface area contributed by atoms with E-state index in [4.69, 9.17) is 4.74 Å². The summed E-state index contributed by atoms with van der Waals surface area (Å²) < 4.78 is 58.9. The highest BCUT2D eigenvalue weighted by Crippen LogP contribution is 2.22. The summed E-state index contributed by atoms with van der Waals surface area (Å²) in [6.45, 7) is 2.87. The van der Waals surface area contributed by atoms with Crippen LogP contribution in [0.1, 0.15) is 10.4 Å². The molecule has 0 saturated carbocycles. The second-order valence-corrected chi connectivity index (χ2v) is 9.05. The van der Waals surface area contributed by atoms with Crippen LogP contribution in [0.15, 0.2) is 71.6 Å². The number of hydrogen-bond donors (Lipinski definition) is 2. The first-order valence-electron chi connectivity index (χ1n) is 10.1. The third kappa shape index (κ3) is 5.47. The number of rotatable bonds is 6. The van der Waals surface area contributed by atoms with E-state index in [1.165, 1.54) is 24.3 Å². The van der Waals surface area contributed by atoms with Gasteiger partial charge in [0.2, 0.25) is 0 Å². The molecule has 1 fully saturated rings. The van der Waals surface area contributed by atoms with Crippen LogP contribution < -0.4 is 14.9 Å². The molecule has 3 aromatic rings. The number of hydrogen-bond acceptors (Lipinski definition) is 5. The van der Waals surface area contributed by atoms with Crippen molar-refractivity contribution >= 4 is 33.0 Å². The Hall–Kier alpha value is -3.50. The molecule has 1 aliphatic heterocycles. The number of carbonyl (C=O) groups is 1. The number of nitrogens with zero attached hydrogens (tertiary/aromatic N) is 1. The molecule has 0 atom stereocenters. The van der Waals surface area contributed by atoms with E-state index in [0.29, 0.717) is 30.5 Å². The summed E-state index contributed by atoms with van der Waals surface area (Å²) >= 11 is 0. The second-order valence-electron chi connectivity index (χ2n) is 7.36. The SMILES string of the molecule is O=C(Nc1cccc(N2CCOCC2)c1)c1ccc(NS(=O)(=O)c2ccc(F)c(F)c2)cc1. The van der Waals surface area contributed by atoms with Gasteiger partial charge in [0.1, 0.15) is 0 Å². The Balaban J connectivity index is 1.42. The molecular weight excluding hydrogens is 452 g/mol. The predicted molar refractivity (Wildman–Crippen MR) is 121 cm³/mol. The van der Waals surface area contributed by atoms with Crippen LogP contribution in [0.2, 0.25) is 0 Å². The molecule has 33 heavy (non-hydrogen) atoms. The molecule has 1 amide bonds. The maximum absolute atomic E-state index is 13.4. The highest BCUT2D eigenvalue weighted by molar-refractivity contribution is 7.92. The van der Waals surface area contributed by atoms with Gasteiger partial charge in [0.25, 0.3) is 15.9 Å². The summed E-state index contributed by atoms with van der Waals surface area (Å²) in [5.74, 6) is -2.76. The second kappa shape index (κ2) is 9.55. The molecule has 0 radical (unpaired) electrons. The van der Waals surface area contributed by atoms with Crippen molar-refractivity contribution in [2.75, 3.05) is 41.2 Å². The van der Waals surface area contributed by atoms with Crippen LogP contribution in [0.4, 0.5) is 25.8 Å². The fourth-order valence-corrected chi connectivity index (χ4v) is 4.42. The third-order valence-corrected chi connectivity index (χ3v) is 6.46. The van der Waals surface area contributed by atoms with E-state index in [2.05, 4.69) is 14.9 Å². The van der Waals surface area contributed by atoms with Gasteiger partial charge in [-0.25, -0.2) is 17.2 Å². The van der Waals surface area contributed by atoms with Crippen LogP contribution in [-0.2, 0) is 14.8 Å². The minimum absolute atomic E-state index is 0.172. The van der Waals surface area contributed by atoms with E-state index in [0.717, 1.165) is 30.9 Å². The molecule has 1 aliphatic rings. The monoisotopic (exact) mass is 473 g/mol. The quantitative estimate of drug-likeness (QED) is 0.568. The van der Waals surface area contributed by atoms with Gasteiger partial charge in [-0.3, -0.25) is 9.52 Å². The molecular formula is C23H21F2N3O4S. The Labute approximate surface area is 190 Å². The van der Waals surface area contributed by atoms with E-state index in [-0.39, 0.29) is 11.6 Å². The molecule has 1 saturated heterocycles. The van der Waals surface area contributed by atoms with Gasteiger partial charge in [-0.05, 0) is 60.7 Å². The Morgan fingerprint density at radius 2 is 1.61 bits per heavy atom. The summed E-state index contributed by atoms with van der Waals surface area (Å²) in [6, 6.07) is 15.6. The van der Waals surface area contributed by atoms with Gasteiger partial charge >= 0.3 is 0 Å². The normalized spacial score (nSPS) is 14.1. The smallest absolute Gasteiger partial charge is 0.261 e. The predicted octanol–water partition coefficient (Wildman–Crippen LogP) is 3.85. The van der Waals surface area contributed by atoms with Crippen molar-refractivity contribution < 1.29 is 26.7 Å². The van der Waals surface area contributed by atoms with Crippen molar-refractivity contribution in [3.8, 4) is 0 Å². The number of amides is 1. The highest BCUT2D eigenvalue weighted by Gasteiger charge is 2.17. The topological polar surface area (TPSA) is 87.7 Å². The van der Waals surface area contributed by atoms with Gasteiger partial charge < -0.3 is 15.0 Å². The molecule has 0 aliphatic carbocycles. The Morgan fingerprint density at radius 1 is 0.879 bits per heavy atom. The van der Waals surface area contributed by atoms with E-state index < -0.39 is 26.6 Å². The zero-order valence-corrected chi connectivity index (χ0v) is 18.2. The first-order chi connectivity index (χ1) is 15.8. The van der Waals surface area contributed by atoms with Crippen molar-refractivity contribution in [1.82, 2.24) is 0 Å². The summed E-state index contributed by atoms with van der Waals surface area (Å²) in [6.07, 6.45) is 0. The van der Waals surface area contributed by atoms with E-state index in [9.17, 15) is 22.0 Å². The van der Waals surface area contributed by atoms with Crippen LogP contribution >= 0.6 is 0 Å². The fraction of sp³-hybridized carbons (Fsp3) is 0.174. The van der Waals surface area contributed by atoms with Crippen LogP contribution in [0.25, 0.3) is 0 Å². The summed E-state index contributed by atoms with van der Waals surface area (Å²) in [5, 5.41) is 2.83. The van der Waals surface area contributed by atoms with Crippen molar-refractivity contribution in [1.29, 1.82) is 0 Å². The highest BCUT2D eigenvalue weighted by atomic mass is 32.2. The summed E-state index contributed by atoms with van der Waals surface area (Å²) in [7, 11) is -4.12. The van der Waals surface area contributed by atoms with E-state index >= 15 is 0 Å². The Kier molecular flexibility index (Phi) is 6.57. The summed E-state index contributed by atoms with van der Waals surface area (Å²) in [5.41, 5.74) is 2.11. The molecule has 1 heterocycles. The van der Waals surface area contributed by atoms with Crippen molar-refractivity contribution in [3.05, 3.63) is 83.9 Å². The van der Waals surface area contributed by atoms with Gasteiger partial charge in [-0.15, -0.1) is 0 Å². The van der Waals surface area contributed by atoms with Crippen LogP contribution in [0.3, 0.4) is 0 Å². The molecule has 10 heteroatoms. The number of anilines is 3. The molecule has 2 N–H and O–H groups in total. The molecule has 0 spiro atoms. The Morgan fingerprint density at radius 3 is 2.30 bits per heavy atom. The lowest BCUT2D eigenvalue weighted by Crippen LogP contribution is -2.36. The number of halogens is 2. The van der Waals surface area contributed by atoms with Crippen LogP contribution in [0.5, 0.6) is 0 Å². The minimum atomic E-state index is -4.12. The number of carbonyl (C=O) groups excluding carboxylic acids is 1. The molecule has 0 bridgehead atoms. The van der Waals surface area contributed by atoms with Gasteiger partial charge in [0, 0.05) is 35.7 Å².